The van der Waals surface area contributed by atoms with E-state index in [0.717, 1.165) is 37.3 Å². The van der Waals surface area contributed by atoms with Gasteiger partial charge in [0.2, 0.25) is 11.8 Å². The Labute approximate surface area is 138 Å². The summed E-state index contributed by atoms with van der Waals surface area (Å²) in [4.78, 5) is 25.8. The molecule has 1 aromatic rings. The molecule has 1 saturated heterocycles. The minimum atomic E-state index is -0.0425. The molecule has 0 bridgehead atoms. The summed E-state index contributed by atoms with van der Waals surface area (Å²) in [7, 11) is 0. The predicted octanol–water partition coefficient (Wildman–Crippen LogP) is 3.10. The average Bonchev–Trinajstić information content (AvgIpc) is 2.83. The van der Waals surface area contributed by atoms with Gasteiger partial charge in [-0.25, -0.2) is 0 Å². The maximum Gasteiger partial charge on any atom is 0.241 e. The summed E-state index contributed by atoms with van der Waals surface area (Å²) < 4.78 is 0. The highest BCUT2D eigenvalue weighted by atomic mass is 16.2. The third-order valence-corrected chi connectivity index (χ3v) is 4.08. The largest absolute Gasteiger partial charge is 0.376 e. The lowest BCUT2D eigenvalue weighted by Crippen LogP contribution is -2.36. The fourth-order valence-electron chi connectivity index (χ4n) is 2.57. The molecule has 0 aromatic heterocycles. The van der Waals surface area contributed by atoms with Crippen molar-refractivity contribution in [3.05, 3.63) is 24.3 Å². The van der Waals surface area contributed by atoms with E-state index in [0.29, 0.717) is 6.54 Å². The number of hydrogen-bond donors (Lipinski definition) is 2. The second-order valence-corrected chi connectivity index (χ2v) is 6.37. The molecule has 23 heavy (non-hydrogen) atoms. The van der Waals surface area contributed by atoms with E-state index in [1.165, 1.54) is 12.8 Å². The average molecular weight is 317 g/mol. The fourth-order valence-corrected chi connectivity index (χ4v) is 2.57. The topological polar surface area (TPSA) is 61.4 Å². The van der Waals surface area contributed by atoms with Crippen LogP contribution < -0.4 is 10.6 Å². The van der Waals surface area contributed by atoms with E-state index in [1.54, 1.807) is 0 Å². The molecule has 0 aliphatic carbocycles. The number of amides is 2. The van der Waals surface area contributed by atoms with Gasteiger partial charge in [-0.2, -0.15) is 0 Å². The molecule has 2 rings (SSSR count). The molecular weight excluding hydrogens is 290 g/mol. The summed E-state index contributed by atoms with van der Waals surface area (Å²) >= 11 is 0. The van der Waals surface area contributed by atoms with E-state index < -0.39 is 0 Å². The first kappa shape index (κ1) is 17.3. The molecule has 0 unspecified atom stereocenters. The van der Waals surface area contributed by atoms with Gasteiger partial charge in [0.25, 0.3) is 0 Å². The maximum absolute atomic E-state index is 12.2. The maximum atomic E-state index is 12.2. The number of hydrogen-bond acceptors (Lipinski definition) is 3. The summed E-state index contributed by atoms with van der Waals surface area (Å²) in [6.07, 6.45) is 4.66. The van der Waals surface area contributed by atoms with Gasteiger partial charge in [-0.15, -0.1) is 0 Å². The van der Waals surface area contributed by atoms with Gasteiger partial charge >= 0.3 is 0 Å². The van der Waals surface area contributed by atoms with Gasteiger partial charge in [-0.3, -0.25) is 9.59 Å². The number of likely N-dealkylation sites (tertiary alicyclic amines) is 1. The Bertz CT molecular complexity index is 518. The summed E-state index contributed by atoms with van der Waals surface area (Å²) in [5.74, 6) is 0.116. The van der Waals surface area contributed by atoms with Crippen molar-refractivity contribution < 1.29 is 9.59 Å². The van der Waals surface area contributed by atoms with Gasteiger partial charge in [0.05, 0.1) is 6.54 Å². The van der Waals surface area contributed by atoms with Crippen LogP contribution in [0.1, 0.15) is 39.5 Å². The van der Waals surface area contributed by atoms with E-state index in [1.807, 2.05) is 43.0 Å². The molecule has 2 amide bonds. The molecule has 1 aliphatic heterocycles. The number of anilines is 2. The monoisotopic (exact) mass is 317 g/mol. The third kappa shape index (κ3) is 5.58. The Morgan fingerprint density at radius 3 is 2.13 bits per heavy atom. The first-order chi connectivity index (χ1) is 11.1. The van der Waals surface area contributed by atoms with Gasteiger partial charge in [0.1, 0.15) is 0 Å². The molecule has 1 aromatic carbocycles. The first-order valence-electron chi connectivity index (χ1n) is 8.49. The number of nitrogens with one attached hydrogen (secondary N) is 2. The van der Waals surface area contributed by atoms with Crippen LogP contribution >= 0.6 is 0 Å². The number of carbonyl (C=O) groups is 2. The van der Waals surface area contributed by atoms with Crippen molar-refractivity contribution in [1.82, 2.24) is 4.90 Å². The van der Waals surface area contributed by atoms with Crippen LogP contribution in [-0.4, -0.2) is 36.3 Å². The van der Waals surface area contributed by atoms with Crippen molar-refractivity contribution in [2.24, 2.45) is 5.92 Å². The first-order valence-corrected chi connectivity index (χ1v) is 8.49. The molecule has 0 spiro atoms. The standard InChI is InChI=1S/C18H27N3O2/c1-14(2)18(23)20-16-9-7-15(8-10-16)19-13-17(22)21-11-5-3-4-6-12-21/h7-10,14,19H,3-6,11-13H2,1-2H3,(H,20,23). The molecule has 126 valence electrons. The van der Waals surface area contributed by atoms with Gasteiger partial charge < -0.3 is 15.5 Å². The van der Waals surface area contributed by atoms with Crippen molar-refractivity contribution in [2.45, 2.75) is 39.5 Å². The van der Waals surface area contributed by atoms with E-state index in [2.05, 4.69) is 10.6 Å². The second kappa shape index (κ2) is 8.56. The van der Waals surface area contributed by atoms with Crippen molar-refractivity contribution in [2.75, 3.05) is 30.3 Å². The SMILES string of the molecule is CC(C)C(=O)Nc1ccc(NCC(=O)N2CCCCCC2)cc1. The number of benzene rings is 1. The Hall–Kier alpha value is -2.04. The van der Waals surface area contributed by atoms with Crippen LogP contribution in [0.15, 0.2) is 24.3 Å². The minimum Gasteiger partial charge on any atom is -0.376 e. The molecule has 0 saturated carbocycles. The van der Waals surface area contributed by atoms with Crippen LogP contribution in [0.25, 0.3) is 0 Å². The van der Waals surface area contributed by atoms with Crippen LogP contribution in [-0.2, 0) is 9.59 Å². The van der Waals surface area contributed by atoms with Crippen LogP contribution in [0.4, 0.5) is 11.4 Å². The number of carbonyl (C=O) groups excluding carboxylic acids is 2. The molecule has 2 N–H and O–H groups in total. The van der Waals surface area contributed by atoms with Crippen LogP contribution in [0.2, 0.25) is 0 Å². The molecule has 5 heteroatoms. The van der Waals surface area contributed by atoms with Crippen LogP contribution in [0.3, 0.4) is 0 Å². The Balaban J connectivity index is 1.81. The van der Waals surface area contributed by atoms with Crippen LogP contribution in [0.5, 0.6) is 0 Å². The highest BCUT2D eigenvalue weighted by molar-refractivity contribution is 5.92. The van der Waals surface area contributed by atoms with Gasteiger partial charge in [-0.05, 0) is 37.1 Å². The molecule has 0 atom stereocenters. The van der Waals surface area contributed by atoms with Gasteiger partial charge in [0, 0.05) is 30.4 Å². The summed E-state index contributed by atoms with van der Waals surface area (Å²) in [5, 5.41) is 6.01. The van der Waals surface area contributed by atoms with Crippen LogP contribution in [0, 0.1) is 5.92 Å². The number of rotatable bonds is 5. The van der Waals surface area contributed by atoms with E-state index in [9.17, 15) is 9.59 Å². The van der Waals surface area contributed by atoms with Crippen molar-refractivity contribution in [3.8, 4) is 0 Å². The van der Waals surface area contributed by atoms with Crippen molar-refractivity contribution in [1.29, 1.82) is 0 Å². The Kier molecular flexibility index (Phi) is 6.44. The van der Waals surface area contributed by atoms with Crippen molar-refractivity contribution in [3.63, 3.8) is 0 Å². The Morgan fingerprint density at radius 1 is 1.00 bits per heavy atom. The molecule has 1 heterocycles. The predicted molar refractivity (Wildman–Crippen MR) is 93.4 cm³/mol. The fraction of sp³-hybridized carbons (Fsp3) is 0.556. The highest BCUT2D eigenvalue weighted by Crippen LogP contribution is 2.15. The highest BCUT2D eigenvalue weighted by Gasteiger charge is 2.14. The van der Waals surface area contributed by atoms with Crippen molar-refractivity contribution >= 4 is 23.2 Å². The molecule has 1 fully saturated rings. The zero-order valence-electron chi connectivity index (χ0n) is 14.1. The van der Waals surface area contributed by atoms with Gasteiger partial charge in [-0.1, -0.05) is 26.7 Å². The lowest BCUT2D eigenvalue weighted by molar-refractivity contribution is -0.129. The normalized spacial score (nSPS) is 15.2. The zero-order valence-corrected chi connectivity index (χ0v) is 14.1. The number of nitrogens with zero attached hydrogens (tertiary/aromatic N) is 1. The zero-order chi connectivity index (χ0) is 16.7. The molecule has 5 nitrogen and oxygen atoms in total. The Morgan fingerprint density at radius 2 is 1.57 bits per heavy atom. The summed E-state index contributed by atoms with van der Waals surface area (Å²) in [6.45, 7) is 5.79. The van der Waals surface area contributed by atoms with E-state index in [-0.39, 0.29) is 17.7 Å². The smallest absolute Gasteiger partial charge is 0.241 e. The molecule has 0 radical (unpaired) electrons. The summed E-state index contributed by atoms with van der Waals surface area (Å²) in [5.41, 5.74) is 1.66. The van der Waals surface area contributed by atoms with E-state index in [4.69, 9.17) is 0 Å². The lowest BCUT2D eigenvalue weighted by Gasteiger charge is -2.20. The summed E-state index contributed by atoms with van der Waals surface area (Å²) in [6, 6.07) is 7.45. The van der Waals surface area contributed by atoms with Gasteiger partial charge in [0.15, 0.2) is 0 Å². The van der Waals surface area contributed by atoms with E-state index >= 15 is 0 Å². The third-order valence-electron chi connectivity index (χ3n) is 4.08. The quantitative estimate of drug-likeness (QED) is 0.877. The molecule has 1 aliphatic rings. The minimum absolute atomic E-state index is 0.00190. The lowest BCUT2D eigenvalue weighted by atomic mass is 10.2. The second-order valence-electron chi connectivity index (χ2n) is 6.37. The molecular formula is C18H27N3O2.